The van der Waals surface area contributed by atoms with E-state index in [1.165, 1.54) is 11.1 Å². The van der Waals surface area contributed by atoms with Gasteiger partial charge < -0.3 is 14.6 Å². The maximum absolute atomic E-state index is 12.3. The van der Waals surface area contributed by atoms with Crippen molar-refractivity contribution in [1.29, 1.82) is 0 Å². The van der Waals surface area contributed by atoms with Gasteiger partial charge in [0.1, 0.15) is 11.4 Å². The van der Waals surface area contributed by atoms with Crippen molar-refractivity contribution in [1.82, 2.24) is 9.55 Å². The summed E-state index contributed by atoms with van der Waals surface area (Å²) in [5.74, 6) is 0.499. The van der Waals surface area contributed by atoms with Crippen LogP contribution in [0.5, 0.6) is 5.75 Å². The SMILES string of the molecule is COc1ccc2c(c1NC(=O)c1cn(C)cn1)CCC2. The topological polar surface area (TPSA) is 56.1 Å². The third-order valence-corrected chi connectivity index (χ3v) is 3.64. The van der Waals surface area contributed by atoms with E-state index in [2.05, 4.69) is 16.4 Å². The number of hydrogen-bond donors (Lipinski definition) is 1. The molecule has 1 N–H and O–H groups in total. The Kier molecular flexibility index (Phi) is 3.18. The molecule has 0 spiro atoms. The van der Waals surface area contributed by atoms with Crippen molar-refractivity contribution in [3.63, 3.8) is 0 Å². The molecule has 0 bridgehead atoms. The number of benzene rings is 1. The molecule has 0 atom stereocenters. The van der Waals surface area contributed by atoms with Gasteiger partial charge in [-0.2, -0.15) is 0 Å². The van der Waals surface area contributed by atoms with E-state index in [0.29, 0.717) is 11.4 Å². The fraction of sp³-hybridized carbons (Fsp3) is 0.333. The molecular weight excluding hydrogens is 254 g/mol. The van der Waals surface area contributed by atoms with Crippen LogP contribution in [0.25, 0.3) is 0 Å². The fourth-order valence-electron chi connectivity index (χ4n) is 2.66. The molecule has 1 amide bonds. The van der Waals surface area contributed by atoms with Crippen LogP contribution < -0.4 is 10.1 Å². The number of nitrogens with one attached hydrogen (secondary N) is 1. The Balaban J connectivity index is 1.94. The zero-order valence-corrected chi connectivity index (χ0v) is 11.6. The van der Waals surface area contributed by atoms with Gasteiger partial charge >= 0.3 is 0 Å². The van der Waals surface area contributed by atoms with E-state index in [0.717, 1.165) is 24.9 Å². The Morgan fingerprint density at radius 2 is 2.25 bits per heavy atom. The monoisotopic (exact) mass is 271 g/mol. The first-order valence-corrected chi connectivity index (χ1v) is 6.67. The minimum atomic E-state index is -0.204. The summed E-state index contributed by atoms with van der Waals surface area (Å²) in [6.07, 6.45) is 6.47. The summed E-state index contributed by atoms with van der Waals surface area (Å²) in [5.41, 5.74) is 3.68. The molecule has 0 unspecified atom stereocenters. The zero-order chi connectivity index (χ0) is 14.1. The van der Waals surface area contributed by atoms with Crippen LogP contribution in [-0.2, 0) is 19.9 Å². The molecule has 5 nitrogen and oxygen atoms in total. The zero-order valence-electron chi connectivity index (χ0n) is 11.6. The average Bonchev–Trinajstić information content (AvgIpc) is 3.07. The number of rotatable bonds is 3. The highest BCUT2D eigenvalue weighted by Crippen LogP contribution is 2.36. The van der Waals surface area contributed by atoms with Crippen molar-refractivity contribution in [3.8, 4) is 5.75 Å². The second kappa shape index (κ2) is 5.00. The first kappa shape index (κ1) is 12.7. The van der Waals surface area contributed by atoms with Crippen LogP contribution in [0, 0.1) is 0 Å². The third kappa shape index (κ3) is 2.15. The summed E-state index contributed by atoms with van der Waals surface area (Å²) in [5, 5.41) is 2.95. The predicted molar refractivity (Wildman–Crippen MR) is 76.2 cm³/mol. The first-order valence-electron chi connectivity index (χ1n) is 6.67. The molecule has 1 aromatic heterocycles. The minimum absolute atomic E-state index is 0.204. The summed E-state index contributed by atoms with van der Waals surface area (Å²) in [4.78, 5) is 16.3. The Labute approximate surface area is 117 Å². The van der Waals surface area contributed by atoms with E-state index in [9.17, 15) is 4.79 Å². The van der Waals surface area contributed by atoms with Gasteiger partial charge in [0.05, 0.1) is 19.1 Å². The van der Waals surface area contributed by atoms with Gasteiger partial charge in [-0.3, -0.25) is 4.79 Å². The smallest absolute Gasteiger partial charge is 0.275 e. The number of aromatic nitrogens is 2. The van der Waals surface area contributed by atoms with Gasteiger partial charge in [-0.15, -0.1) is 0 Å². The van der Waals surface area contributed by atoms with Gasteiger partial charge in [0.2, 0.25) is 0 Å². The molecule has 0 radical (unpaired) electrons. The van der Waals surface area contributed by atoms with E-state index in [1.54, 1.807) is 24.2 Å². The van der Waals surface area contributed by atoms with E-state index in [-0.39, 0.29) is 5.91 Å². The summed E-state index contributed by atoms with van der Waals surface area (Å²) in [6.45, 7) is 0. The molecule has 0 fully saturated rings. The average molecular weight is 271 g/mol. The summed E-state index contributed by atoms with van der Waals surface area (Å²) in [6, 6.07) is 4.00. The molecule has 0 aliphatic heterocycles. The fourth-order valence-corrected chi connectivity index (χ4v) is 2.66. The third-order valence-electron chi connectivity index (χ3n) is 3.64. The number of nitrogens with zero attached hydrogens (tertiary/aromatic N) is 2. The van der Waals surface area contributed by atoms with Gasteiger partial charge in [0.15, 0.2) is 0 Å². The number of fused-ring (bicyclic) bond motifs is 1. The maximum Gasteiger partial charge on any atom is 0.275 e. The number of hydrogen-bond acceptors (Lipinski definition) is 3. The lowest BCUT2D eigenvalue weighted by atomic mass is 10.1. The van der Waals surface area contributed by atoms with Crippen LogP contribution in [0.3, 0.4) is 0 Å². The van der Waals surface area contributed by atoms with Gasteiger partial charge in [-0.1, -0.05) is 6.07 Å². The van der Waals surface area contributed by atoms with Crippen molar-refractivity contribution in [2.24, 2.45) is 7.05 Å². The second-order valence-corrected chi connectivity index (χ2v) is 5.01. The molecule has 1 aromatic carbocycles. The number of amides is 1. The van der Waals surface area contributed by atoms with Crippen molar-refractivity contribution in [3.05, 3.63) is 41.5 Å². The van der Waals surface area contributed by atoms with E-state index >= 15 is 0 Å². The van der Waals surface area contributed by atoms with Crippen LogP contribution in [0.1, 0.15) is 28.0 Å². The molecule has 5 heteroatoms. The number of aryl methyl sites for hydroxylation is 2. The van der Waals surface area contributed by atoms with Gasteiger partial charge in [-0.05, 0) is 36.5 Å². The Hall–Kier alpha value is -2.30. The van der Waals surface area contributed by atoms with Crippen molar-refractivity contribution in [2.45, 2.75) is 19.3 Å². The van der Waals surface area contributed by atoms with E-state index in [4.69, 9.17) is 4.74 Å². The lowest BCUT2D eigenvalue weighted by Gasteiger charge is -2.14. The Bertz CT molecular complexity index is 661. The van der Waals surface area contributed by atoms with Crippen LogP contribution >= 0.6 is 0 Å². The predicted octanol–water partition coefficient (Wildman–Crippen LogP) is 2.17. The standard InChI is InChI=1S/C15H17N3O2/c1-18-8-12(16-9-18)15(19)17-14-11-5-3-4-10(11)6-7-13(14)20-2/h6-9H,3-5H2,1-2H3,(H,17,19). The molecule has 1 heterocycles. The first-order chi connectivity index (χ1) is 9.69. The Morgan fingerprint density at radius 1 is 1.40 bits per heavy atom. The van der Waals surface area contributed by atoms with Crippen molar-refractivity contribution < 1.29 is 9.53 Å². The molecule has 1 aliphatic carbocycles. The molecule has 0 saturated heterocycles. The molecule has 1 aliphatic rings. The largest absolute Gasteiger partial charge is 0.495 e. The number of carbonyl (C=O) groups excluding carboxylic acids is 1. The number of methoxy groups -OCH3 is 1. The van der Waals surface area contributed by atoms with Crippen LogP contribution in [-0.4, -0.2) is 22.6 Å². The lowest BCUT2D eigenvalue weighted by molar-refractivity contribution is 0.102. The van der Waals surface area contributed by atoms with Crippen LogP contribution in [0.15, 0.2) is 24.7 Å². The molecule has 104 valence electrons. The minimum Gasteiger partial charge on any atom is -0.495 e. The highest BCUT2D eigenvalue weighted by atomic mass is 16.5. The van der Waals surface area contributed by atoms with Crippen LogP contribution in [0.2, 0.25) is 0 Å². The summed E-state index contributed by atoms with van der Waals surface area (Å²) in [7, 11) is 3.46. The normalized spacial score (nSPS) is 13.1. The highest BCUT2D eigenvalue weighted by Gasteiger charge is 2.21. The Morgan fingerprint density at radius 3 is 2.95 bits per heavy atom. The van der Waals surface area contributed by atoms with Crippen molar-refractivity contribution in [2.75, 3.05) is 12.4 Å². The molecular formula is C15H17N3O2. The molecule has 20 heavy (non-hydrogen) atoms. The number of anilines is 1. The number of carbonyl (C=O) groups is 1. The van der Waals surface area contributed by atoms with Gasteiger partial charge in [0, 0.05) is 13.2 Å². The molecule has 2 aromatic rings. The van der Waals surface area contributed by atoms with Crippen LogP contribution in [0.4, 0.5) is 5.69 Å². The number of imidazole rings is 1. The quantitative estimate of drug-likeness (QED) is 0.930. The number of ether oxygens (including phenoxy) is 1. The van der Waals surface area contributed by atoms with Crippen molar-refractivity contribution >= 4 is 11.6 Å². The van der Waals surface area contributed by atoms with E-state index in [1.807, 2.05) is 13.1 Å². The van der Waals surface area contributed by atoms with Gasteiger partial charge in [0.25, 0.3) is 5.91 Å². The second-order valence-electron chi connectivity index (χ2n) is 5.01. The van der Waals surface area contributed by atoms with E-state index < -0.39 is 0 Å². The lowest BCUT2D eigenvalue weighted by Crippen LogP contribution is -2.14. The summed E-state index contributed by atoms with van der Waals surface area (Å²) < 4.78 is 7.12. The van der Waals surface area contributed by atoms with Gasteiger partial charge in [-0.25, -0.2) is 4.98 Å². The maximum atomic E-state index is 12.3. The summed E-state index contributed by atoms with van der Waals surface area (Å²) >= 11 is 0. The molecule has 3 rings (SSSR count). The molecule has 0 saturated carbocycles. The highest BCUT2D eigenvalue weighted by molar-refractivity contribution is 6.04.